The van der Waals surface area contributed by atoms with Gasteiger partial charge in [0.15, 0.2) is 11.6 Å². The Morgan fingerprint density at radius 3 is 2.60 bits per heavy atom. The fourth-order valence-corrected chi connectivity index (χ4v) is 3.84. The van der Waals surface area contributed by atoms with Crippen LogP contribution in [-0.2, 0) is 0 Å². The molecule has 0 aliphatic rings. The highest BCUT2D eigenvalue weighted by Crippen LogP contribution is 2.25. The number of nitrogens with zero attached hydrogens (tertiary/aromatic N) is 6. The van der Waals surface area contributed by atoms with Gasteiger partial charge in [-0.25, -0.2) is 9.97 Å². The lowest BCUT2D eigenvalue weighted by Crippen LogP contribution is -2.36. The summed E-state index contributed by atoms with van der Waals surface area (Å²) in [5, 5.41) is 14.0. The molecule has 0 spiro atoms. The van der Waals surface area contributed by atoms with Gasteiger partial charge in [0.2, 0.25) is 0 Å². The molecule has 0 fully saturated rings. The summed E-state index contributed by atoms with van der Waals surface area (Å²) >= 11 is 13.8. The van der Waals surface area contributed by atoms with Crippen LogP contribution in [0.1, 0.15) is 34.7 Å². The molecule has 0 saturated carbocycles. The molecule has 3 rings (SSSR count). The molecule has 30 heavy (non-hydrogen) atoms. The van der Waals surface area contributed by atoms with Crippen molar-refractivity contribution >= 4 is 40.9 Å². The summed E-state index contributed by atoms with van der Waals surface area (Å²) in [6, 6.07) is 9.76. The van der Waals surface area contributed by atoms with Crippen LogP contribution in [0.5, 0.6) is 0 Å². The van der Waals surface area contributed by atoms with Crippen LogP contribution in [-0.4, -0.2) is 49.1 Å². The van der Waals surface area contributed by atoms with Crippen molar-refractivity contribution in [2.45, 2.75) is 13.0 Å². The SMILES string of the molecule is CSCCN(C(=O)c1cc(Cl)cc(Cl)c1)C(C)c1ncnn1-c1ccc(C#N)cn1. The Kier molecular flexibility index (Phi) is 7.32. The number of carbonyl (C=O) groups excluding carboxylic acids is 1. The molecule has 3 aromatic rings. The predicted octanol–water partition coefficient (Wildman–Crippen LogP) is 4.41. The largest absolute Gasteiger partial charge is 0.328 e. The van der Waals surface area contributed by atoms with Gasteiger partial charge < -0.3 is 4.90 Å². The third-order valence-corrected chi connectivity index (χ3v) is 5.44. The summed E-state index contributed by atoms with van der Waals surface area (Å²) < 4.78 is 1.57. The van der Waals surface area contributed by atoms with Gasteiger partial charge in [0.1, 0.15) is 12.4 Å². The molecule has 1 aromatic carbocycles. The number of amides is 1. The van der Waals surface area contributed by atoms with Gasteiger partial charge >= 0.3 is 0 Å². The van der Waals surface area contributed by atoms with Gasteiger partial charge in [-0.2, -0.15) is 26.8 Å². The third kappa shape index (κ3) is 4.93. The van der Waals surface area contributed by atoms with E-state index in [1.807, 2.05) is 19.2 Å². The Balaban J connectivity index is 1.96. The van der Waals surface area contributed by atoms with E-state index in [-0.39, 0.29) is 5.91 Å². The highest BCUT2D eigenvalue weighted by Gasteiger charge is 2.27. The molecular weight excluding hydrogens is 443 g/mol. The monoisotopic (exact) mass is 460 g/mol. The van der Waals surface area contributed by atoms with E-state index in [0.29, 0.717) is 39.4 Å². The summed E-state index contributed by atoms with van der Waals surface area (Å²) in [6.45, 7) is 2.38. The first-order valence-electron chi connectivity index (χ1n) is 8.97. The Morgan fingerprint density at radius 1 is 1.27 bits per heavy atom. The zero-order valence-corrected chi connectivity index (χ0v) is 18.6. The number of benzene rings is 1. The first kappa shape index (κ1) is 22.1. The van der Waals surface area contributed by atoms with Crippen molar-refractivity contribution in [3.05, 3.63) is 69.9 Å². The van der Waals surface area contributed by atoms with E-state index >= 15 is 0 Å². The van der Waals surface area contributed by atoms with Crippen LogP contribution in [0.15, 0.2) is 42.9 Å². The van der Waals surface area contributed by atoms with Gasteiger partial charge in [-0.3, -0.25) is 4.79 Å². The standard InChI is InChI=1S/C20H18Cl2N6OS/c1-13(19-25-12-26-28(19)18-4-3-14(10-23)11-24-18)27(5-6-30-2)20(29)15-7-16(21)9-17(22)8-15/h3-4,7-9,11-13H,5-6H2,1-2H3. The fourth-order valence-electron chi connectivity index (χ4n) is 2.93. The topological polar surface area (TPSA) is 87.7 Å². The van der Waals surface area contributed by atoms with Crippen LogP contribution in [0.2, 0.25) is 10.0 Å². The number of nitriles is 1. The molecule has 1 amide bonds. The van der Waals surface area contributed by atoms with Gasteiger partial charge in [0.25, 0.3) is 5.91 Å². The molecule has 0 aliphatic carbocycles. The maximum absolute atomic E-state index is 13.3. The minimum Gasteiger partial charge on any atom is -0.328 e. The summed E-state index contributed by atoms with van der Waals surface area (Å²) in [6.07, 6.45) is 4.86. The lowest BCUT2D eigenvalue weighted by atomic mass is 10.1. The normalized spacial score (nSPS) is 11.7. The van der Waals surface area contributed by atoms with Crippen LogP contribution in [0.25, 0.3) is 5.82 Å². The average Bonchev–Trinajstić information content (AvgIpc) is 3.23. The summed E-state index contributed by atoms with van der Waals surface area (Å²) in [7, 11) is 0. The zero-order chi connectivity index (χ0) is 21.7. The molecule has 0 bridgehead atoms. The van der Waals surface area contributed by atoms with E-state index < -0.39 is 6.04 Å². The van der Waals surface area contributed by atoms with E-state index in [1.165, 1.54) is 12.5 Å². The van der Waals surface area contributed by atoms with Gasteiger partial charge in [-0.15, -0.1) is 0 Å². The zero-order valence-electron chi connectivity index (χ0n) is 16.3. The maximum Gasteiger partial charge on any atom is 0.254 e. The van der Waals surface area contributed by atoms with E-state index in [4.69, 9.17) is 28.5 Å². The number of rotatable bonds is 7. The number of carbonyl (C=O) groups is 1. The molecular formula is C20H18Cl2N6OS. The van der Waals surface area contributed by atoms with Crippen LogP contribution >= 0.6 is 35.0 Å². The second kappa shape index (κ2) is 9.94. The Labute approximate surface area is 188 Å². The van der Waals surface area contributed by atoms with Gasteiger partial charge in [0, 0.05) is 34.1 Å². The molecule has 0 saturated heterocycles. The Hall–Kier alpha value is -2.60. The van der Waals surface area contributed by atoms with Crippen molar-refractivity contribution in [3.8, 4) is 11.9 Å². The molecule has 154 valence electrons. The van der Waals surface area contributed by atoms with Crippen LogP contribution < -0.4 is 0 Å². The average molecular weight is 461 g/mol. The lowest BCUT2D eigenvalue weighted by Gasteiger charge is -2.29. The first-order valence-corrected chi connectivity index (χ1v) is 11.1. The summed E-state index contributed by atoms with van der Waals surface area (Å²) in [5.74, 6) is 1.60. The summed E-state index contributed by atoms with van der Waals surface area (Å²) in [5.41, 5.74) is 0.853. The molecule has 2 heterocycles. The van der Waals surface area contributed by atoms with Crippen molar-refractivity contribution in [2.24, 2.45) is 0 Å². The Morgan fingerprint density at radius 2 is 2.00 bits per heavy atom. The lowest BCUT2D eigenvalue weighted by molar-refractivity contribution is 0.0695. The second-order valence-electron chi connectivity index (χ2n) is 6.37. The van der Waals surface area contributed by atoms with Gasteiger partial charge in [-0.05, 0) is 43.5 Å². The molecule has 0 radical (unpaired) electrons. The second-order valence-corrected chi connectivity index (χ2v) is 8.23. The highest BCUT2D eigenvalue weighted by atomic mass is 35.5. The molecule has 1 atom stereocenters. The van der Waals surface area contributed by atoms with Crippen LogP contribution in [0.4, 0.5) is 0 Å². The third-order valence-electron chi connectivity index (χ3n) is 4.42. The minimum atomic E-state index is -0.401. The maximum atomic E-state index is 13.3. The number of halogens is 2. The van der Waals surface area contributed by atoms with Crippen molar-refractivity contribution in [3.63, 3.8) is 0 Å². The first-order chi connectivity index (χ1) is 14.4. The van der Waals surface area contributed by atoms with Crippen molar-refractivity contribution < 1.29 is 4.79 Å². The van der Waals surface area contributed by atoms with Crippen molar-refractivity contribution in [1.82, 2.24) is 24.6 Å². The summed E-state index contributed by atoms with van der Waals surface area (Å²) in [4.78, 5) is 23.7. The van der Waals surface area contributed by atoms with Crippen molar-refractivity contribution in [2.75, 3.05) is 18.6 Å². The van der Waals surface area contributed by atoms with E-state index in [2.05, 4.69) is 15.1 Å². The van der Waals surface area contributed by atoms with Crippen LogP contribution in [0, 0.1) is 11.3 Å². The quantitative estimate of drug-likeness (QED) is 0.518. The molecule has 0 aliphatic heterocycles. The fraction of sp³-hybridized carbons (Fsp3) is 0.250. The predicted molar refractivity (Wildman–Crippen MR) is 118 cm³/mol. The molecule has 0 N–H and O–H groups in total. The number of hydrogen-bond donors (Lipinski definition) is 0. The number of thioether (sulfide) groups is 1. The highest BCUT2D eigenvalue weighted by molar-refractivity contribution is 7.98. The van der Waals surface area contributed by atoms with E-state index in [1.54, 1.807) is 51.7 Å². The van der Waals surface area contributed by atoms with Gasteiger partial charge in [-0.1, -0.05) is 23.2 Å². The molecule has 2 aromatic heterocycles. The van der Waals surface area contributed by atoms with E-state index in [9.17, 15) is 4.79 Å². The number of hydrogen-bond acceptors (Lipinski definition) is 6. The number of aromatic nitrogens is 4. The smallest absolute Gasteiger partial charge is 0.254 e. The molecule has 7 nitrogen and oxygen atoms in total. The minimum absolute atomic E-state index is 0.205. The van der Waals surface area contributed by atoms with Crippen LogP contribution in [0.3, 0.4) is 0 Å². The molecule has 1 unspecified atom stereocenters. The van der Waals surface area contributed by atoms with Gasteiger partial charge in [0.05, 0.1) is 11.6 Å². The Bertz CT molecular complexity index is 1060. The molecule has 10 heteroatoms. The van der Waals surface area contributed by atoms with E-state index in [0.717, 1.165) is 5.75 Å². The number of pyridine rings is 1. The van der Waals surface area contributed by atoms with Crippen molar-refractivity contribution in [1.29, 1.82) is 5.26 Å².